The van der Waals surface area contributed by atoms with Crippen LogP contribution >= 0.6 is 0 Å². The monoisotopic (exact) mass is 431 g/mol. The molecule has 30 heavy (non-hydrogen) atoms. The summed E-state index contributed by atoms with van der Waals surface area (Å²) in [6.45, 7) is 0.298. The number of carbonyl (C=O) groups is 1. The molecule has 9 nitrogen and oxygen atoms in total. The third-order valence-corrected chi connectivity index (χ3v) is 4.53. The molecule has 1 heterocycles. The molecule has 0 saturated carbocycles. The van der Waals surface area contributed by atoms with Crippen LogP contribution in [0, 0.1) is 0 Å². The number of hydrogen-bond donors (Lipinski definition) is 0. The number of ether oxygens (including phenoxy) is 2. The fraction of sp³-hybridized carbons (Fsp3) is 0.250. The number of esters is 1. The predicted molar refractivity (Wildman–Crippen MR) is 107 cm³/mol. The van der Waals surface area contributed by atoms with Gasteiger partial charge in [-0.1, -0.05) is 35.5 Å². The standard InChI is InChI=1S/C20H21N3O6S/c1-30(25,26)29-19(13-23-12-11-21-22-23)15-27-18-9-7-17(8-10-18)20(24)28-14-16-5-3-2-4-6-16/h2-12,19H,13-15H2,1H3/t19-/m0/s1. The smallest absolute Gasteiger partial charge is 0.338 e. The van der Waals surface area contributed by atoms with Crippen molar-refractivity contribution in [2.75, 3.05) is 12.9 Å². The molecular weight excluding hydrogens is 410 g/mol. The van der Waals surface area contributed by atoms with E-state index in [-0.39, 0.29) is 19.8 Å². The number of aromatic nitrogens is 3. The first kappa shape index (κ1) is 21.5. The van der Waals surface area contributed by atoms with Crippen LogP contribution in [0.3, 0.4) is 0 Å². The van der Waals surface area contributed by atoms with Crippen LogP contribution in [0.15, 0.2) is 67.0 Å². The second kappa shape index (κ2) is 9.99. The van der Waals surface area contributed by atoms with E-state index in [1.54, 1.807) is 30.5 Å². The highest BCUT2D eigenvalue weighted by Gasteiger charge is 2.18. The molecule has 0 amide bonds. The van der Waals surface area contributed by atoms with Gasteiger partial charge in [0.25, 0.3) is 10.1 Å². The number of nitrogens with zero attached hydrogens (tertiary/aromatic N) is 3. The molecule has 1 atom stereocenters. The summed E-state index contributed by atoms with van der Waals surface area (Å²) in [5.74, 6) is 0.00479. The van der Waals surface area contributed by atoms with Crippen LogP contribution in [-0.2, 0) is 32.2 Å². The SMILES string of the molecule is CS(=O)(=O)O[C@H](COc1ccc(C(=O)OCc2ccccc2)cc1)Cn1ccnn1. The first-order valence-electron chi connectivity index (χ1n) is 9.05. The first-order valence-corrected chi connectivity index (χ1v) is 10.9. The Balaban J connectivity index is 1.54. The van der Waals surface area contributed by atoms with Gasteiger partial charge in [-0.05, 0) is 29.8 Å². The third-order valence-electron chi connectivity index (χ3n) is 3.91. The van der Waals surface area contributed by atoms with Gasteiger partial charge in [-0.3, -0.25) is 4.18 Å². The lowest BCUT2D eigenvalue weighted by atomic mass is 10.2. The molecule has 0 saturated heterocycles. The van der Waals surface area contributed by atoms with Gasteiger partial charge in [0.1, 0.15) is 25.1 Å². The van der Waals surface area contributed by atoms with Crippen LogP contribution in [0.1, 0.15) is 15.9 Å². The van der Waals surface area contributed by atoms with Crippen molar-refractivity contribution in [2.24, 2.45) is 0 Å². The van der Waals surface area contributed by atoms with Crippen molar-refractivity contribution < 1.29 is 26.9 Å². The van der Waals surface area contributed by atoms with Crippen molar-refractivity contribution in [1.29, 1.82) is 0 Å². The van der Waals surface area contributed by atoms with Crippen LogP contribution in [0.5, 0.6) is 5.75 Å². The zero-order valence-electron chi connectivity index (χ0n) is 16.2. The van der Waals surface area contributed by atoms with Crippen LogP contribution in [0.2, 0.25) is 0 Å². The summed E-state index contributed by atoms with van der Waals surface area (Å²) in [7, 11) is -3.68. The van der Waals surface area contributed by atoms with Crippen molar-refractivity contribution in [3.8, 4) is 5.75 Å². The van der Waals surface area contributed by atoms with E-state index in [2.05, 4.69) is 10.3 Å². The maximum absolute atomic E-state index is 12.2. The average Bonchev–Trinajstić information content (AvgIpc) is 3.23. The largest absolute Gasteiger partial charge is 0.491 e. The van der Waals surface area contributed by atoms with Crippen LogP contribution in [0.4, 0.5) is 0 Å². The lowest BCUT2D eigenvalue weighted by Gasteiger charge is -2.17. The van der Waals surface area contributed by atoms with Crippen molar-refractivity contribution in [3.05, 3.63) is 78.1 Å². The first-order chi connectivity index (χ1) is 14.4. The Hall–Kier alpha value is -3.24. The fourth-order valence-electron chi connectivity index (χ4n) is 2.58. The molecule has 3 aromatic rings. The highest BCUT2D eigenvalue weighted by Crippen LogP contribution is 2.15. The molecule has 0 radical (unpaired) electrons. The van der Waals surface area contributed by atoms with E-state index < -0.39 is 22.2 Å². The maximum atomic E-state index is 12.2. The van der Waals surface area contributed by atoms with Gasteiger partial charge in [-0.25, -0.2) is 9.48 Å². The van der Waals surface area contributed by atoms with E-state index in [4.69, 9.17) is 13.7 Å². The van der Waals surface area contributed by atoms with E-state index in [1.165, 1.54) is 10.9 Å². The Morgan fingerprint density at radius 2 is 1.83 bits per heavy atom. The zero-order chi connectivity index (χ0) is 21.4. The molecule has 0 aliphatic heterocycles. The summed E-state index contributed by atoms with van der Waals surface area (Å²) >= 11 is 0. The van der Waals surface area contributed by atoms with Gasteiger partial charge >= 0.3 is 5.97 Å². The van der Waals surface area contributed by atoms with E-state index in [1.807, 2.05) is 30.3 Å². The number of hydrogen-bond acceptors (Lipinski definition) is 8. The van der Waals surface area contributed by atoms with Crippen molar-refractivity contribution in [2.45, 2.75) is 19.3 Å². The molecule has 0 unspecified atom stereocenters. The minimum absolute atomic E-state index is 0.0370. The summed E-state index contributed by atoms with van der Waals surface area (Å²) in [4.78, 5) is 12.2. The molecule has 158 valence electrons. The highest BCUT2D eigenvalue weighted by molar-refractivity contribution is 7.86. The lowest BCUT2D eigenvalue weighted by Crippen LogP contribution is -2.29. The average molecular weight is 431 g/mol. The summed E-state index contributed by atoms with van der Waals surface area (Å²) in [6, 6.07) is 15.7. The molecule has 0 fully saturated rings. The van der Waals surface area contributed by atoms with Gasteiger partial charge in [-0.2, -0.15) is 8.42 Å². The van der Waals surface area contributed by atoms with Crippen molar-refractivity contribution >= 4 is 16.1 Å². The van der Waals surface area contributed by atoms with Gasteiger partial charge < -0.3 is 9.47 Å². The van der Waals surface area contributed by atoms with Crippen molar-refractivity contribution in [3.63, 3.8) is 0 Å². The number of carbonyl (C=O) groups excluding carboxylic acids is 1. The quantitative estimate of drug-likeness (QED) is 0.354. The molecule has 0 aliphatic rings. The molecular formula is C20H21N3O6S. The topological polar surface area (TPSA) is 110 Å². The minimum atomic E-state index is -3.68. The van der Waals surface area contributed by atoms with Gasteiger partial charge in [-0.15, -0.1) is 5.10 Å². The molecule has 3 rings (SSSR count). The summed E-state index contributed by atoms with van der Waals surface area (Å²) in [5, 5.41) is 7.47. The molecule has 2 aromatic carbocycles. The zero-order valence-corrected chi connectivity index (χ0v) is 17.1. The second-order valence-corrected chi connectivity index (χ2v) is 8.05. The molecule has 0 aliphatic carbocycles. The van der Waals surface area contributed by atoms with Gasteiger partial charge in [0.15, 0.2) is 0 Å². The molecule has 10 heteroatoms. The highest BCUT2D eigenvalue weighted by atomic mass is 32.2. The van der Waals surface area contributed by atoms with Crippen LogP contribution in [-0.4, -0.2) is 48.3 Å². The van der Waals surface area contributed by atoms with Crippen molar-refractivity contribution in [1.82, 2.24) is 15.0 Å². The number of benzene rings is 2. The third kappa shape index (κ3) is 6.98. The van der Waals surface area contributed by atoms with Gasteiger partial charge in [0, 0.05) is 6.20 Å². The van der Waals surface area contributed by atoms with Gasteiger partial charge in [0.2, 0.25) is 0 Å². The summed E-state index contributed by atoms with van der Waals surface area (Å²) in [5.41, 5.74) is 1.28. The van der Waals surface area contributed by atoms with Crippen LogP contribution < -0.4 is 4.74 Å². The normalized spacial score (nSPS) is 12.3. The summed E-state index contributed by atoms with van der Waals surface area (Å²) < 4.78 is 40.4. The lowest BCUT2D eigenvalue weighted by molar-refractivity contribution is 0.0472. The molecule has 0 bridgehead atoms. The molecule has 1 aromatic heterocycles. The maximum Gasteiger partial charge on any atom is 0.338 e. The second-order valence-electron chi connectivity index (χ2n) is 6.44. The Morgan fingerprint density at radius 1 is 1.10 bits per heavy atom. The van der Waals surface area contributed by atoms with E-state index in [0.717, 1.165) is 11.8 Å². The predicted octanol–water partition coefficient (Wildman–Crippen LogP) is 2.06. The number of rotatable bonds is 10. The molecule has 0 N–H and O–H groups in total. The molecule has 0 spiro atoms. The Labute approximate surface area is 174 Å². The van der Waals surface area contributed by atoms with E-state index in [0.29, 0.717) is 11.3 Å². The Bertz CT molecular complexity index is 1040. The fourth-order valence-corrected chi connectivity index (χ4v) is 3.19. The van der Waals surface area contributed by atoms with E-state index in [9.17, 15) is 13.2 Å². The Morgan fingerprint density at radius 3 is 2.47 bits per heavy atom. The minimum Gasteiger partial charge on any atom is -0.491 e. The Kier molecular flexibility index (Phi) is 7.15. The van der Waals surface area contributed by atoms with Crippen LogP contribution in [0.25, 0.3) is 0 Å². The van der Waals surface area contributed by atoms with E-state index >= 15 is 0 Å². The van der Waals surface area contributed by atoms with Gasteiger partial charge in [0.05, 0.1) is 24.6 Å². The summed E-state index contributed by atoms with van der Waals surface area (Å²) in [6.07, 6.45) is 3.25.